The molecule has 31 atom stereocenters. The van der Waals surface area contributed by atoms with Gasteiger partial charge in [0.2, 0.25) is 17.7 Å². The highest BCUT2D eigenvalue weighted by molar-refractivity contribution is 7.80. The Kier molecular flexibility index (Phi) is 25.2. The molecule has 498 valence electrons. The molecule has 39 nitrogen and oxygen atoms in total. The summed E-state index contributed by atoms with van der Waals surface area (Å²) in [6, 6.07) is -5.24. The van der Waals surface area contributed by atoms with Crippen LogP contribution in [0.15, 0.2) is 0 Å². The van der Waals surface area contributed by atoms with Gasteiger partial charge in [-0.05, 0) is 6.92 Å². The summed E-state index contributed by atoms with van der Waals surface area (Å²) >= 11 is 0. The van der Waals surface area contributed by atoms with E-state index in [2.05, 4.69) is 20.1 Å². The summed E-state index contributed by atoms with van der Waals surface area (Å²) in [5, 5.41) is 180. The molecule has 6 heterocycles. The summed E-state index contributed by atoms with van der Waals surface area (Å²) < 4.78 is 109. The third kappa shape index (κ3) is 16.4. The molecule has 40 heteroatoms. The Labute approximate surface area is 487 Å². The van der Waals surface area contributed by atoms with Crippen molar-refractivity contribution >= 4 is 34.1 Å². The van der Waals surface area contributed by atoms with Gasteiger partial charge in [-0.2, -0.15) is 8.42 Å². The first-order chi connectivity index (χ1) is 40.2. The summed E-state index contributed by atoms with van der Waals surface area (Å²) in [4.78, 5) is 51.1. The van der Waals surface area contributed by atoms with Crippen LogP contribution in [0.5, 0.6) is 0 Å². The maximum atomic E-state index is 13.1. The minimum Gasteiger partial charge on any atom is -0.477 e. The highest BCUT2D eigenvalue weighted by atomic mass is 32.3. The number of carbonyl (C=O) groups excluding carboxylic acids is 3. The van der Waals surface area contributed by atoms with Crippen LogP contribution in [0.4, 0.5) is 0 Å². The molecule has 0 saturated carbocycles. The van der Waals surface area contributed by atoms with Gasteiger partial charge in [-0.25, -0.2) is 8.98 Å². The number of amides is 3. The predicted octanol–water partition coefficient (Wildman–Crippen LogP) is -13.0. The van der Waals surface area contributed by atoms with E-state index in [0.717, 1.165) is 27.9 Å². The van der Waals surface area contributed by atoms with E-state index >= 15 is 0 Å². The molecule has 6 rings (SSSR count). The normalized spacial score (nSPS) is 44.8. The number of aliphatic carboxylic acids is 1. The Balaban J connectivity index is 1.35. The van der Waals surface area contributed by atoms with Crippen LogP contribution in [-0.4, -0.2) is 348 Å². The van der Waals surface area contributed by atoms with Gasteiger partial charge in [0.15, 0.2) is 31.5 Å². The molecule has 0 unspecified atom stereocenters. The van der Waals surface area contributed by atoms with Gasteiger partial charge >= 0.3 is 16.4 Å². The summed E-state index contributed by atoms with van der Waals surface area (Å²) in [6.07, 6.45) is -56.2. The third-order valence-corrected chi connectivity index (χ3v) is 15.4. The smallest absolute Gasteiger partial charge is 0.397 e. The zero-order valence-corrected chi connectivity index (χ0v) is 47.1. The maximum absolute atomic E-state index is 13.1. The lowest BCUT2D eigenvalue weighted by atomic mass is 9.88. The number of carboxylic acid groups (broad SMARTS) is 1. The highest BCUT2D eigenvalue weighted by Crippen LogP contribution is 2.40. The summed E-state index contributed by atoms with van der Waals surface area (Å²) in [7, 11) is -4.38. The van der Waals surface area contributed by atoms with E-state index in [-0.39, 0.29) is 0 Å². The Morgan fingerprint density at radius 3 is 1.58 bits per heavy atom. The minimum absolute atomic E-state index is 0.842. The standard InChI is InChI=1S/C46H77N3O36S/c1-12-25(58)30(63)32(65)42(76-12)83-38-24(49-15(4)55)41(80-21(11-75-86(70,71)72)35(38)81-43-33(66)31(64)27(60)18(8-51)77-43)74-10-20-29(62)36(23(48-14(3)54)40(73-5)79-20)82-44-34(67)39(28(61)19(9-52)78-44)85-46(45(68)69)6-16(56)22(47-13(2)53)37(84-46)26(59)17(57)7-50/h12,16-44,50-52,56-67H,6-11H2,1-5H3,(H,47,53)(H,48,54)(H,49,55)(H,68,69)(H,70,71,72)/t12-,16-,17+,18+,19+,20+,21+,22+,23+,24+,25+,26+,27-,28-,29-,30+,31-,32-,33+,34+,35+,36+,37+,38+,39-,40-,41+,42-,43-,44-,46-/m0/s1. The molecular formula is C46H77N3O36S. The number of hydrogen-bond acceptors (Lipinski definition) is 34. The molecule has 3 amide bonds. The first-order valence-corrected chi connectivity index (χ1v) is 28.0. The minimum atomic E-state index is -5.42. The van der Waals surface area contributed by atoms with E-state index in [0.29, 0.717) is 0 Å². The fourth-order valence-electron chi connectivity index (χ4n) is 10.6. The zero-order chi connectivity index (χ0) is 64.2. The zero-order valence-electron chi connectivity index (χ0n) is 46.3. The monoisotopic (exact) mass is 1280 g/mol. The lowest BCUT2D eigenvalue weighted by Gasteiger charge is -2.51. The van der Waals surface area contributed by atoms with Crippen molar-refractivity contribution in [2.75, 3.05) is 40.1 Å². The summed E-state index contributed by atoms with van der Waals surface area (Å²) in [6.45, 7) is -1.45. The van der Waals surface area contributed by atoms with Gasteiger partial charge in [0.1, 0.15) is 134 Å². The van der Waals surface area contributed by atoms with Gasteiger partial charge in [-0.15, -0.1) is 0 Å². The van der Waals surface area contributed by atoms with Gasteiger partial charge in [0, 0.05) is 34.3 Å². The molecule has 0 radical (unpaired) electrons. The van der Waals surface area contributed by atoms with Crippen LogP contribution >= 0.6 is 0 Å². The first kappa shape index (κ1) is 71.7. The molecule has 0 spiro atoms. The molecule has 6 fully saturated rings. The van der Waals surface area contributed by atoms with Gasteiger partial charge in [-0.1, -0.05) is 0 Å². The first-order valence-electron chi connectivity index (χ1n) is 26.6. The van der Waals surface area contributed by atoms with Gasteiger partial charge in [0.25, 0.3) is 5.79 Å². The topological polar surface area (TPSA) is 602 Å². The van der Waals surface area contributed by atoms with Crippen molar-refractivity contribution in [3.8, 4) is 0 Å². The molecule has 6 saturated heterocycles. The van der Waals surface area contributed by atoms with Crippen LogP contribution in [-0.2, 0) is 90.6 Å². The number of ether oxygens (including phenoxy) is 12. The largest absolute Gasteiger partial charge is 0.477 e. The van der Waals surface area contributed by atoms with E-state index in [1.807, 2.05) is 0 Å². The molecule has 0 aromatic heterocycles. The van der Waals surface area contributed by atoms with Crippen molar-refractivity contribution in [3.63, 3.8) is 0 Å². The molecule has 0 aromatic rings. The molecule has 0 aromatic carbocycles. The second kappa shape index (κ2) is 30.2. The van der Waals surface area contributed by atoms with Crippen LogP contribution in [0.1, 0.15) is 34.1 Å². The highest BCUT2D eigenvalue weighted by Gasteiger charge is 2.61. The van der Waals surface area contributed by atoms with E-state index in [1.54, 1.807) is 0 Å². The van der Waals surface area contributed by atoms with Gasteiger partial charge in [0.05, 0.1) is 51.3 Å². The van der Waals surface area contributed by atoms with E-state index in [4.69, 9.17) is 56.8 Å². The van der Waals surface area contributed by atoms with Crippen molar-refractivity contribution in [1.29, 1.82) is 0 Å². The van der Waals surface area contributed by atoms with Gasteiger partial charge in [-0.3, -0.25) is 18.9 Å². The molecule has 0 aliphatic carbocycles. The van der Waals surface area contributed by atoms with Crippen LogP contribution in [0.3, 0.4) is 0 Å². The molecule has 6 aliphatic heterocycles. The second-order valence-electron chi connectivity index (χ2n) is 21.2. The fourth-order valence-corrected chi connectivity index (χ4v) is 10.9. The van der Waals surface area contributed by atoms with Crippen LogP contribution < -0.4 is 16.0 Å². The Morgan fingerprint density at radius 1 is 0.570 bits per heavy atom. The van der Waals surface area contributed by atoms with Crippen molar-refractivity contribution in [2.45, 2.75) is 224 Å². The quantitative estimate of drug-likeness (QED) is 0.0399. The van der Waals surface area contributed by atoms with E-state index in [1.165, 1.54) is 6.92 Å². The lowest BCUT2D eigenvalue weighted by Crippen LogP contribution is -2.71. The van der Waals surface area contributed by atoms with Crippen molar-refractivity contribution < 1.29 is 175 Å². The molecule has 86 heavy (non-hydrogen) atoms. The number of carbonyl (C=O) groups is 4. The average molecular weight is 1280 g/mol. The number of aliphatic hydroxyl groups excluding tert-OH is 15. The van der Waals surface area contributed by atoms with E-state index in [9.17, 15) is 114 Å². The number of rotatable bonds is 24. The van der Waals surface area contributed by atoms with Crippen LogP contribution in [0, 0.1) is 0 Å². The average Bonchev–Trinajstić information content (AvgIpc) is 3.65. The number of methoxy groups -OCH3 is 1. The van der Waals surface area contributed by atoms with Crippen molar-refractivity contribution in [1.82, 2.24) is 16.0 Å². The number of carboxylic acids is 1. The van der Waals surface area contributed by atoms with E-state index < -0.39 is 263 Å². The SMILES string of the molecule is CO[C@H]1O[C@H](CO[C@@H]2O[C@H](COS(=O)(=O)O)[C@@H](O[C@@H]3O[C@H](CO)[C@H](O)[C@H](O)[C@H]3O)[C@H](O[C@@H]3O[C@@H](C)[C@@H](O)[C@@H](O)[C@@H]3O)[C@H]2NC(C)=O)[C@H](O)[C@H](O[C@@H]2O[C@H](CO)[C@H](O)[C@H](O[C@]3(C(=O)O)C[C@H](O)[C@@H](NC(C)=O)[C@H]([C@H](O)[C@H](O)CO)O3)[C@H]2O)[C@H]1NC(C)=O. The number of aliphatic hydroxyl groups is 15. The predicted molar refractivity (Wildman–Crippen MR) is 265 cm³/mol. The van der Waals surface area contributed by atoms with Crippen LogP contribution in [0.2, 0.25) is 0 Å². The summed E-state index contributed by atoms with van der Waals surface area (Å²) in [5.41, 5.74) is 0. The molecule has 0 bridgehead atoms. The Bertz CT molecular complexity index is 2350. The number of nitrogens with one attached hydrogen (secondary N) is 3. The molecular weight excluding hydrogens is 1200 g/mol. The Hall–Kier alpha value is -3.33. The lowest BCUT2D eigenvalue weighted by molar-refractivity contribution is -0.383. The third-order valence-electron chi connectivity index (χ3n) is 15.0. The van der Waals surface area contributed by atoms with Gasteiger partial charge < -0.3 is 154 Å². The fraction of sp³-hybridized carbons (Fsp3) is 0.913. The summed E-state index contributed by atoms with van der Waals surface area (Å²) in [5.74, 6) is -7.96. The van der Waals surface area contributed by atoms with Crippen molar-refractivity contribution in [3.05, 3.63) is 0 Å². The Morgan fingerprint density at radius 2 is 1.05 bits per heavy atom. The number of hydrogen-bond donors (Lipinski definition) is 20. The maximum Gasteiger partial charge on any atom is 0.397 e. The molecule has 20 N–H and O–H groups in total. The molecule has 6 aliphatic rings. The van der Waals surface area contributed by atoms with Crippen molar-refractivity contribution in [2.24, 2.45) is 0 Å². The van der Waals surface area contributed by atoms with Crippen LogP contribution in [0.25, 0.3) is 0 Å². The second-order valence-corrected chi connectivity index (χ2v) is 22.3.